The molecule has 1 aliphatic heterocycles. The molecule has 1 aromatic carbocycles. The number of phenolic OH excluding ortho intramolecular Hbond substituents is 1. The summed E-state index contributed by atoms with van der Waals surface area (Å²) in [6, 6.07) is 1.78. The van der Waals surface area contributed by atoms with Gasteiger partial charge in [-0.05, 0) is 46.1 Å². The number of rotatable bonds is 6. The summed E-state index contributed by atoms with van der Waals surface area (Å²) in [7, 11) is 1.56. The molecule has 0 spiro atoms. The summed E-state index contributed by atoms with van der Waals surface area (Å²) in [5, 5.41) is 10.4. The van der Waals surface area contributed by atoms with Crippen LogP contribution in [0.15, 0.2) is 29.4 Å². The van der Waals surface area contributed by atoms with Crippen LogP contribution in [0, 0.1) is 0 Å². The lowest BCUT2D eigenvalue weighted by Gasteiger charge is -2.12. The topological polar surface area (TPSA) is 55.8 Å². The molecule has 1 N–H and O–H groups in total. The molecule has 124 valence electrons. The van der Waals surface area contributed by atoms with Gasteiger partial charge in [0, 0.05) is 11.1 Å². The molecule has 0 bridgehead atoms. The van der Waals surface area contributed by atoms with Crippen LogP contribution in [0.4, 0.5) is 0 Å². The number of aromatic hydroxyl groups is 1. The zero-order valence-corrected chi connectivity index (χ0v) is 14.2. The maximum atomic E-state index is 11.4. The molecule has 23 heavy (non-hydrogen) atoms. The molecule has 2 rings (SSSR count). The Morgan fingerprint density at radius 3 is 2.74 bits per heavy atom. The van der Waals surface area contributed by atoms with Crippen molar-refractivity contribution in [3.63, 3.8) is 0 Å². The van der Waals surface area contributed by atoms with Crippen LogP contribution in [0.2, 0.25) is 0 Å². The third-order valence-corrected chi connectivity index (χ3v) is 3.91. The van der Waals surface area contributed by atoms with Crippen molar-refractivity contribution in [2.45, 2.75) is 46.5 Å². The van der Waals surface area contributed by atoms with Crippen LogP contribution in [0.25, 0.3) is 0 Å². The number of carbonyl (C=O) groups excluding carboxylic acids is 1. The number of esters is 1. The molecular weight excluding hydrogens is 292 g/mol. The van der Waals surface area contributed by atoms with E-state index in [0.717, 1.165) is 12.8 Å². The molecule has 0 unspecified atom stereocenters. The summed E-state index contributed by atoms with van der Waals surface area (Å²) in [6.45, 7) is 6.26. The van der Waals surface area contributed by atoms with E-state index in [4.69, 9.17) is 9.47 Å². The van der Waals surface area contributed by atoms with Gasteiger partial charge in [0.1, 0.15) is 5.75 Å². The van der Waals surface area contributed by atoms with Crippen LogP contribution in [-0.4, -0.2) is 18.2 Å². The first-order chi connectivity index (χ1) is 10.9. The summed E-state index contributed by atoms with van der Waals surface area (Å²) < 4.78 is 10.5. The average Bonchev–Trinajstić information content (AvgIpc) is 2.86. The van der Waals surface area contributed by atoms with Crippen LogP contribution in [0.3, 0.4) is 0 Å². The molecule has 1 aliphatic rings. The number of benzene rings is 1. The van der Waals surface area contributed by atoms with Crippen LogP contribution >= 0.6 is 0 Å². The van der Waals surface area contributed by atoms with Gasteiger partial charge in [0.15, 0.2) is 11.5 Å². The number of methoxy groups -OCH3 is 1. The predicted octanol–water partition coefficient (Wildman–Crippen LogP) is 4.10. The molecular formula is C19H24O4. The maximum absolute atomic E-state index is 11.4. The lowest BCUT2D eigenvalue weighted by Crippen LogP contribution is -2.00. The van der Waals surface area contributed by atoms with Crippen LogP contribution in [0.5, 0.6) is 17.2 Å². The van der Waals surface area contributed by atoms with Gasteiger partial charge in [-0.1, -0.05) is 23.3 Å². The maximum Gasteiger partial charge on any atom is 0.315 e. The van der Waals surface area contributed by atoms with E-state index in [2.05, 4.69) is 32.9 Å². The van der Waals surface area contributed by atoms with E-state index >= 15 is 0 Å². The molecule has 0 aliphatic carbocycles. The molecule has 4 heteroatoms. The average molecular weight is 316 g/mol. The van der Waals surface area contributed by atoms with Gasteiger partial charge < -0.3 is 14.6 Å². The summed E-state index contributed by atoms with van der Waals surface area (Å²) in [5.74, 6) is 0.538. The lowest BCUT2D eigenvalue weighted by atomic mass is 10.0. The molecule has 0 aromatic heterocycles. The molecule has 0 amide bonds. The van der Waals surface area contributed by atoms with E-state index in [9.17, 15) is 9.90 Å². The van der Waals surface area contributed by atoms with Gasteiger partial charge in [-0.2, -0.15) is 0 Å². The third-order valence-electron chi connectivity index (χ3n) is 3.91. The molecule has 4 nitrogen and oxygen atoms in total. The molecule has 0 saturated carbocycles. The second-order valence-electron chi connectivity index (χ2n) is 6.12. The minimum Gasteiger partial charge on any atom is -0.504 e. The van der Waals surface area contributed by atoms with E-state index in [1.807, 2.05) is 0 Å². The Bertz CT molecular complexity index is 664. The van der Waals surface area contributed by atoms with Crippen molar-refractivity contribution in [3.05, 3.63) is 40.5 Å². The largest absolute Gasteiger partial charge is 0.504 e. The minimum absolute atomic E-state index is 0.0125. The Labute approximate surface area is 137 Å². The molecule has 0 radical (unpaired) electrons. The van der Waals surface area contributed by atoms with Gasteiger partial charge in [-0.25, -0.2) is 0 Å². The standard InChI is InChI=1S/C19H24O4/c1-12(2)6-5-7-13(3)8-9-15-16(22-4)10-14-11-17(20)23-19(14)18(15)21/h6,8,10,21H,5,7,9,11H2,1-4H3/b13-8+. The Kier molecular flexibility index (Phi) is 5.48. The van der Waals surface area contributed by atoms with E-state index in [0.29, 0.717) is 23.3 Å². The normalized spacial score (nSPS) is 13.6. The van der Waals surface area contributed by atoms with Gasteiger partial charge >= 0.3 is 5.97 Å². The summed E-state index contributed by atoms with van der Waals surface area (Å²) in [5.41, 5.74) is 3.90. The van der Waals surface area contributed by atoms with Crippen molar-refractivity contribution >= 4 is 5.97 Å². The first-order valence-corrected chi connectivity index (χ1v) is 7.83. The second kappa shape index (κ2) is 7.36. The number of fused-ring (bicyclic) bond motifs is 1. The molecule has 0 atom stereocenters. The molecule has 0 fully saturated rings. The number of carbonyl (C=O) groups is 1. The van der Waals surface area contributed by atoms with Crippen molar-refractivity contribution in [2.24, 2.45) is 0 Å². The van der Waals surface area contributed by atoms with E-state index in [1.165, 1.54) is 11.1 Å². The Morgan fingerprint density at radius 1 is 1.35 bits per heavy atom. The van der Waals surface area contributed by atoms with Gasteiger partial charge in [-0.15, -0.1) is 0 Å². The fraction of sp³-hybridized carbons (Fsp3) is 0.421. The fourth-order valence-corrected chi connectivity index (χ4v) is 2.61. The minimum atomic E-state index is -0.344. The van der Waals surface area contributed by atoms with Crippen molar-refractivity contribution < 1.29 is 19.4 Å². The Morgan fingerprint density at radius 2 is 2.09 bits per heavy atom. The van der Waals surface area contributed by atoms with Crippen molar-refractivity contribution in [1.29, 1.82) is 0 Å². The fourth-order valence-electron chi connectivity index (χ4n) is 2.61. The highest BCUT2D eigenvalue weighted by molar-refractivity contribution is 5.83. The summed E-state index contributed by atoms with van der Waals surface area (Å²) >= 11 is 0. The number of ether oxygens (including phenoxy) is 2. The smallest absolute Gasteiger partial charge is 0.315 e. The highest BCUT2D eigenvalue weighted by atomic mass is 16.5. The van der Waals surface area contributed by atoms with Crippen LogP contribution in [0.1, 0.15) is 44.7 Å². The van der Waals surface area contributed by atoms with Gasteiger partial charge in [-0.3, -0.25) is 4.79 Å². The highest BCUT2D eigenvalue weighted by Gasteiger charge is 2.27. The third kappa shape index (κ3) is 4.15. The number of hydrogen-bond acceptors (Lipinski definition) is 4. The first-order valence-electron chi connectivity index (χ1n) is 7.83. The van der Waals surface area contributed by atoms with Crippen LogP contribution in [-0.2, 0) is 17.6 Å². The first kappa shape index (κ1) is 17.1. The van der Waals surface area contributed by atoms with Crippen LogP contribution < -0.4 is 9.47 Å². The predicted molar refractivity (Wildman–Crippen MR) is 90.1 cm³/mol. The van der Waals surface area contributed by atoms with Crippen molar-refractivity contribution in [2.75, 3.05) is 7.11 Å². The van der Waals surface area contributed by atoms with E-state index in [-0.39, 0.29) is 23.9 Å². The number of hydrogen-bond donors (Lipinski definition) is 1. The van der Waals surface area contributed by atoms with Crippen molar-refractivity contribution in [1.82, 2.24) is 0 Å². The Balaban J connectivity index is 2.18. The SMILES string of the molecule is COc1cc2c(c(O)c1C/C=C(\C)CCC=C(C)C)OC(=O)C2. The number of allylic oxidation sites excluding steroid dienone is 4. The quantitative estimate of drug-likeness (QED) is 0.488. The number of phenols is 1. The lowest BCUT2D eigenvalue weighted by molar-refractivity contribution is -0.131. The molecule has 1 heterocycles. The molecule has 1 aromatic rings. The Hall–Kier alpha value is -2.23. The summed E-state index contributed by atoms with van der Waals surface area (Å²) in [4.78, 5) is 11.4. The molecule has 0 saturated heterocycles. The monoisotopic (exact) mass is 316 g/mol. The van der Waals surface area contributed by atoms with E-state index in [1.54, 1.807) is 13.2 Å². The van der Waals surface area contributed by atoms with Gasteiger partial charge in [0.05, 0.1) is 13.5 Å². The second-order valence-corrected chi connectivity index (χ2v) is 6.12. The van der Waals surface area contributed by atoms with Crippen molar-refractivity contribution in [3.8, 4) is 17.2 Å². The van der Waals surface area contributed by atoms with Gasteiger partial charge in [0.2, 0.25) is 0 Å². The zero-order chi connectivity index (χ0) is 17.0. The zero-order valence-electron chi connectivity index (χ0n) is 14.2. The summed E-state index contributed by atoms with van der Waals surface area (Å²) in [6.07, 6.45) is 7.01. The highest BCUT2D eigenvalue weighted by Crippen LogP contribution is 2.43. The van der Waals surface area contributed by atoms with E-state index < -0.39 is 0 Å². The van der Waals surface area contributed by atoms with Gasteiger partial charge in [0.25, 0.3) is 0 Å².